The van der Waals surface area contributed by atoms with Gasteiger partial charge in [-0.1, -0.05) is 0 Å². The molecular weight excluding hydrogens is 235 g/mol. The molecule has 1 rings (SSSR count). The summed E-state index contributed by atoms with van der Waals surface area (Å²) in [5.74, 6) is 0.960. The molecule has 17 heavy (non-hydrogen) atoms. The summed E-state index contributed by atoms with van der Waals surface area (Å²) in [6, 6.07) is 1.59. The van der Waals surface area contributed by atoms with Crippen molar-refractivity contribution in [3.8, 4) is 5.88 Å². The number of nitrogens with zero attached hydrogens (tertiary/aromatic N) is 2. The summed E-state index contributed by atoms with van der Waals surface area (Å²) in [4.78, 5) is 7.72. The number of alkyl halides is 3. The Balaban J connectivity index is 2.22. The summed E-state index contributed by atoms with van der Waals surface area (Å²) in [5.41, 5.74) is 0. The fourth-order valence-corrected chi connectivity index (χ4v) is 1.21. The molecule has 0 saturated carbocycles. The number of methoxy groups -OCH3 is 1. The number of rotatable bonds is 6. The van der Waals surface area contributed by atoms with Crippen LogP contribution in [0.25, 0.3) is 0 Å². The molecule has 0 amide bonds. The van der Waals surface area contributed by atoms with E-state index in [-0.39, 0.29) is 6.42 Å². The highest BCUT2D eigenvalue weighted by Gasteiger charge is 2.25. The van der Waals surface area contributed by atoms with E-state index in [1.165, 1.54) is 13.4 Å². The third kappa shape index (κ3) is 5.94. The van der Waals surface area contributed by atoms with Gasteiger partial charge in [-0.3, -0.25) is 0 Å². The normalized spacial score (nSPS) is 11.3. The SMILES string of the molecule is COc1cc(NCCCCC(F)(F)F)ncn1. The van der Waals surface area contributed by atoms with Gasteiger partial charge in [-0.25, -0.2) is 9.97 Å². The number of aromatic nitrogens is 2. The topological polar surface area (TPSA) is 47.0 Å². The van der Waals surface area contributed by atoms with Crippen LogP contribution in [0.3, 0.4) is 0 Å². The minimum absolute atomic E-state index is 0.110. The molecule has 0 unspecified atom stereocenters. The lowest BCUT2D eigenvalue weighted by atomic mass is 10.2. The van der Waals surface area contributed by atoms with Crippen molar-refractivity contribution >= 4 is 5.82 Å². The van der Waals surface area contributed by atoms with Crippen molar-refractivity contribution < 1.29 is 17.9 Å². The van der Waals surface area contributed by atoms with Crippen LogP contribution in [0.5, 0.6) is 5.88 Å². The molecule has 0 aliphatic rings. The van der Waals surface area contributed by atoms with Crippen LogP contribution in [-0.2, 0) is 0 Å². The summed E-state index contributed by atoms with van der Waals surface area (Å²) in [7, 11) is 1.48. The Hall–Kier alpha value is -1.53. The zero-order valence-electron chi connectivity index (χ0n) is 9.42. The Morgan fingerprint density at radius 3 is 2.71 bits per heavy atom. The second-order valence-electron chi connectivity index (χ2n) is 3.44. The smallest absolute Gasteiger partial charge is 0.389 e. The number of anilines is 1. The first kappa shape index (κ1) is 13.5. The minimum Gasteiger partial charge on any atom is -0.481 e. The monoisotopic (exact) mass is 249 g/mol. The van der Waals surface area contributed by atoms with Crippen LogP contribution in [0, 0.1) is 0 Å². The van der Waals surface area contributed by atoms with E-state index in [9.17, 15) is 13.2 Å². The molecule has 1 aromatic rings. The molecule has 1 heterocycles. The van der Waals surface area contributed by atoms with E-state index < -0.39 is 12.6 Å². The van der Waals surface area contributed by atoms with Crippen molar-refractivity contribution in [1.29, 1.82) is 0 Å². The molecule has 0 bridgehead atoms. The Morgan fingerprint density at radius 2 is 2.06 bits per heavy atom. The molecule has 0 fully saturated rings. The van der Waals surface area contributed by atoms with Gasteiger partial charge in [-0.15, -0.1) is 0 Å². The lowest BCUT2D eigenvalue weighted by Crippen LogP contribution is -2.09. The van der Waals surface area contributed by atoms with Crippen molar-refractivity contribution in [2.24, 2.45) is 0 Å². The Bertz CT molecular complexity index is 344. The van der Waals surface area contributed by atoms with Crippen LogP contribution in [0.4, 0.5) is 19.0 Å². The number of hydrogen-bond acceptors (Lipinski definition) is 4. The predicted molar refractivity (Wildman–Crippen MR) is 57.0 cm³/mol. The summed E-state index contributed by atoms with van der Waals surface area (Å²) in [6.45, 7) is 0.441. The molecule has 96 valence electrons. The van der Waals surface area contributed by atoms with E-state index in [0.717, 1.165) is 0 Å². The molecule has 1 N–H and O–H groups in total. The number of unbranched alkanes of at least 4 members (excludes halogenated alkanes) is 1. The molecule has 0 aliphatic heterocycles. The van der Waals surface area contributed by atoms with Gasteiger partial charge in [-0.05, 0) is 12.8 Å². The Morgan fingerprint density at radius 1 is 1.29 bits per heavy atom. The Labute approximate surface area is 97.2 Å². The second-order valence-corrected chi connectivity index (χ2v) is 3.44. The maximum Gasteiger partial charge on any atom is 0.389 e. The number of halogens is 3. The van der Waals surface area contributed by atoms with E-state index >= 15 is 0 Å². The fraction of sp³-hybridized carbons (Fsp3) is 0.600. The van der Waals surface area contributed by atoms with E-state index in [1.54, 1.807) is 6.07 Å². The van der Waals surface area contributed by atoms with Gasteiger partial charge in [0.1, 0.15) is 12.1 Å². The largest absolute Gasteiger partial charge is 0.481 e. The maximum atomic E-state index is 11.8. The highest BCUT2D eigenvalue weighted by atomic mass is 19.4. The third-order valence-electron chi connectivity index (χ3n) is 2.04. The molecule has 1 aromatic heterocycles. The van der Waals surface area contributed by atoms with Crippen LogP contribution in [0.2, 0.25) is 0 Å². The highest BCUT2D eigenvalue weighted by molar-refractivity contribution is 5.36. The molecule has 0 saturated heterocycles. The summed E-state index contributed by atoms with van der Waals surface area (Å²) < 4.78 is 40.4. The first-order chi connectivity index (χ1) is 8.01. The highest BCUT2D eigenvalue weighted by Crippen LogP contribution is 2.22. The summed E-state index contributed by atoms with van der Waals surface area (Å²) >= 11 is 0. The quantitative estimate of drug-likeness (QED) is 0.787. The van der Waals surface area contributed by atoms with Gasteiger partial charge < -0.3 is 10.1 Å². The first-order valence-electron chi connectivity index (χ1n) is 5.18. The van der Waals surface area contributed by atoms with Crippen molar-refractivity contribution in [2.45, 2.75) is 25.4 Å². The zero-order valence-corrected chi connectivity index (χ0v) is 9.42. The van der Waals surface area contributed by atoms with Gasteiger partial charge in [-0.2, -0.15) is 13.2 Å². The van der Waals surface area contributed by atoms with Crippen molar-refractivity contribution in [3.63, 3.8) is 0 Å². The van der Waals surface area contributed by atoms with Crippen molar-refractivity contribution in [2.75, 3.05) is 19.0 Å². The Kier molecular flexibility index (Phi) is 4.99. The maximum absolute atomic E-state index is 11.8. The van der Waals surface area contributed by atoms with Gasteiger partial charge in [0.2, 0.25) is 5.88 Å². The lowest BCUT2D eigenvalue weighted by molar-refractivity contribution is -0.135. The summed E-state index contributed by atoms with van der Waals surface area (Å²) in [6.07, 6.45) is -2.94. The molecule has 0 radical (unpaired) electrons. The molecular formula is C10H14F3N3O. The standard InChI is InChI=1S/C10H14F3N3O/c1-17-9-6-8(15-7-16-9)14-5-3-2-4-10(11,12)13/h6-7H,2-5H2,1H3,(H,14,15,16). The lowest BCUT2D eigenvalue weighted by Gasteiger charge is -2.07. The van der Waals surface area contributed by atoms with Crippen LogP contribution in [0.15, 0.2) is 12.4 Å². The zero-order chi connectivity index (χ0) is 12.7. The molecule has 0 atom stereocenters. The molecule has 0 aromatic carbocycles. The average molecular weight is 249 g/mol. The predicted octanol–water partition coefficient (Wildman–Crippen LogP) is 2.63. The average Bonchev–Trinajstić information content (AvgIpc) is 2.27. The van der Waals surface area contributed by atoms with Gasteiger partial charge in [0, 0.05) is 19.0 Å². The van der Waals surface area contributed by atoms with Crippen molar-refractivity contribution in [3.05, 3.63) is 12.4 Å². The summed E-state index contributed by atoms with van der Waals surface area (Å²) in [5, 5.41) is 2.91. The van der Waals surface area contributed by atoms with Crippen LogP contribution < -0.4 is 10.1 Å². The van der Waals surface area contributed by atoms with E-state index in [1.807, 2.05) is 0 Å². The van der Waals surface area contributed by atoms with Gasteiger partial charge in [0.15, 0.2) is 0 Å². The fourth-order valence-electron chi connectivity index (χ4n) is 1.21. The van der Waals surface area contributed by atoms with Gasteiger partial charge in [0.05, 0.1) is 7.11 Å². The molecule has 0 spiro atoms. The number of nitrogens with one attached hydrogen (secondary N) is 1. The van der Waals surface area contributed by atoms with Crippen LogP contribution in [0.1, 0.15) is 19.3 Å². The van der Waals surface area contributed by atoms with Crippen molar-refractivity contribution in [1.82, 2.24) is 9.97 Å². The van der Waals surface area contributed by atoms with Gasteiger partial charge in [0.25, 0.3) is 0 Å². The van der Waals surface area contributed by atoms with E-state index in [4.69, 9.17) is 4.74 Å². The van der Waals surface area contributed by atoms with Crippen LogP contribution >= 0.6 is 0 Å². The minimum atomic E-state index is -4.07. The van der Waals surface area contributed by atoms with Crippen LogP contribution in [-0.4, -0.2) is 29.8 Å². The molecule has 7 heteroatoms. The number of hydrogen-bond donors (Lipinski definition) is 1. The molecule has 0 aliphatic carbocycles. The number of ether oxygens (including phenoxy) is 1. The second kappa shape index (κ2) is 6.27. The third-order valence-corrected chi connectivity index (χ3v) is 2.04. The van der Waals surface area contributed by atoms with E-state index in [2.05, 4.69) is 15.3 Å². The first-order valence-corrected chi connectivity index (χ1v) is 5.18. The van der Waals surface area contributed by atoms with E-state index in [0.29, 0.717) is 24.7 Å². The van der Waals surface area contributed by atoms with Gasteiger partial charge >= 0.3 is 6.18 Å². The molecule has 4 nitrogen and oxygen atoms in total.